The Morgan fingerprint density at radius 3 is 2.65 bits per heavy atom. The van der Waals surface area contributed by atoms with Crippen LogP contribution in [-0.2, 0) is 23.5 Å². The molecule has 5 rings (SSSR count). The molecule has 1 aromatic carbocycles. The fourth-order valence-corrected chi connectivity index (χ4v) is 5.08. The number of amides is 1. The first-order chi connectivity index (χ1) is 20.3. The van der Waals surface area contributed by atoms with Crippen LogP contribution in [0.3, 0.4) is 0 Å². The summed E-state index contributed by atoms with van der Waals surface area (Å²) in [5.74, 6) is -0.0644. The summed E-state index contributed by atoms with van der Waals surface area (Å²) in [6, 6.07) is 4.14. The number of imidazole rings is 1. The average molecular weight is 563 g/mol. The number of hydrogen-bond donors (Lipinski definition) is 3. The molecule has 0 unspecified atom stereocenters. The monoisotopic (exact) mass is 562 g/mol. The molecule has 13 heteroatoms. The molecular formula is C27H29F3N6O4. The summed E-state index contributed by atoms with van der Waals surface area (Å²) in [6.45, 7) is -0.0294. The number of aliphatic hydroxyl groups is 1. The Bertz CT molecular complexity index is 1830. The third kappa shape index (κ3) is 4.96. The van der Waals surface area contributed by atoms with Crippen molar-refractivity contribution in [2.24, 2.45) is 6.98 Å². The number of fused-ring (bicyclic) bond motifs is 2. The van der Waals surface area contributed by atoms with E-state index >= 15 is 0 Å². The molecule has 40 heavy (non-hydrogen) atoms. The number of pyridine rings is 2. The van der Waals surface area contributed by atoms with Gasteiger partial charge in [0.25, 0.3) is 0 Å². The molecule has 1 amide bonds. The number of carbonyl (C=O) groups excluding carboxylic acids is 1. The van der Waals surface area contributed by atoms with E-state index in [0.717, 1.165) is 19.4 Å². The van der Waals surface area contributed by atoms with Gasteiger partial charge in [0.1, 0.15) is 11.6 Å². The van der Waals surface area contributed by atoms with Gasteiger partial charge in [-0.05, 0) is 50.8 Å². The molecule has 2 atom stereocenters. The summed E-state index contributed by atoms with van der Waals surface area (Å²) in [5.41, 5.74) is -3.57. The zero-order chi connectivity index (χ0) is 32.4. The van der Waals surface area contributed by atoms with Crippen molar-refractivity contribution in [1.29, 1.82) is 0 Å². The van der Waals surface area contributed by atoms with Crippen LogP contribution in [0.5, 0.6) is 0 Å². The highest BCUT2D eigenvalue weighted by molar-refractivity contribution is 5.88. The minimum Gasteiger partial charge on any atom is -0.453 e. The van der Waals surface area contributed by atoms with Crippen molar-refractivity contribution in [2.45, 2.75) is 56.9 Å². The van der Waals surface area contributed by atoms with Crippen LogP contribution in [0.25, 0.3) is 21.9 Å². The number of halogens is 3. The zero-order valence-electron chi connectivity index (χ0n) is 25.8. The fraction of sp³-hybridized carbons (Fsp3) is 0.407. The summed E-state index contributed by atoms with van der Waals surface area (Å²) >= 11 is 0. The number of aryl methyl sites for hydroxylation is 1. The largest absolute Gasteiger partial charge is 0.453 e. The number of carbonyl (C=O) groups is 1. The van der Waals surface area contributed by atoms with Gasteiger partial charge in [0.05, 0.1) is 42.4 Å². The highest BCUT2D eigenvalue weighted by Crippen LogP contribution is 2.38. The number of anilines is 2. The summed E-state index contributed by atoms with van der Waals surface area (Å²) < 4.78 is 80.5. The number of alkyl carbamates (subject to hydrolysis) is 1. The number of hydrogen-bond acceptors (Lipinski definition) is 7. The van der Waals surface area contributed by atoms with Crippen molar-refractivity contribution >= 4 is 39.7 Å². The third-order valence-corrected chi connectivity index (χ3v) is 6.91. The van der Waals surface area contributed by atoms with E-state index in [4.69, 9.17) is 5.48 Å². The lowest BCUT2D eigenvalue weighted by Crippen LogP contribution is -2.33. The molecule has 3 heterocycles. The Balaban J connectivity index is 1.64. The van der Waals surface area contributed by atoms with Crippen molar-refractivity contribution in [3.63, 3.8) is 0 Å². The van der Waals surface area contributed by atoms with Crippen molar-refractivity contribution in [3.8, 4) is 0 Å². The Morgan fingerprint density at radius 1 is 1.20 bits per heavy atom. The molecule has 3 aromatic heterocycles. The van der Waals surface area contributed by atoms with Crippen LogP contribution in [0.15, 0.2) is 41.3 Å². The van der Waals surface area contributed by atoms with E-state index in [2.05, 4.69) is 25.3 Å². The van der Waals surface area contributed by atoms with Gasteiger partial charge in [0.2, 0.25) is 0 Å². The van der Waals surface area contributed by atoms with Crippen molar-refractivity contribution in [2.75, 3.05) is 12.4 Å². The van der Waals surface area contributed by atoms with E-state index in [1.54, 1.807) is 0 Å². The second kappa shape index (κ2) is 9.81. The maximum absolute atomic E-state index is 13.9. The highest BCUT2D eigenvalue weighted by Gasteiger charge is 2.35. The summed E-state index contributed by atoms with van der Waals surface area (Å²) in [4.78, 5) is 33.7. The molecule has 0 aliphatic heterocycles. The lowest BCUT2D eigenvalue weighted by molar-refractivity contribution is -0.136. The number of alkyl halides is 3. The van der Waals surface area contributed by atoms with Gasteiger partial charge >= 0.3 is 18.0 Å². The molecule has 1 fully saturated rings. The number of nitrogens with one attached hydrogen (secondary N) is 2. The van der Waals surface area contributed by atoms with Crippen LogP contribution in [0.4, 0.5) is 29.6 Å². The minimum atomic E-state index is -4.73. The Morgan fingerprint density at radius 2 is 1.98 bits per heavy atom. The second-order valence-electron chi connectivity index (χ2n) is 10.1. The standard InChI is InChI=1S/C27H29F3N6O4/c1-26(2,39)18-11-22(34-23-16(18)6-5-7-17(23)27(28,29)30)33-21-12-19-20(13-31-21)35(3)25(38)36(19)15-9-8-14(10-15)32-24(37)40-4/h5-7,11-15,39H,8-10H2,1-4H3,(H,32,37)(H,31,33,34)/t14-,15-/m1/s1/i3D3,14D. The predicted molar refractivity (Wildman–Crippen MR) is 142 cm³/mol. The number of aromatic nitrogens is 4. The number of rotatable bonds is 5. The quantitative estimate of drug-likeness (QED) is 0.322. The van der Waals surface area contributed by atoms with Crippen LogP contribution in [0.2, 0.25) is 0 Å². The maximum Gasteiger partial charge on any atom is 0.418 e. The smallest absolute Gasteiger partial charge is 0.418 e. The average Bonchev–Trinajstić information content (AvgIpc) is 3.42. The summed E-state index contributed by atoms with van der Waals surface area (Å²) in [6.07, 6.45) is -4.04. The Labute approximate surface area is 232 Å². The molecule has 10 nitrogen and oxygen atoms in total. The van der Waals surface area contributed by atoms with Gasteiger partial charge in [-0.3, -0.25) is 9.13 Å². The van der Waals surface area contributed by atoms with E-state index < -0.39 is 53.7 Å². The number of benzene rings is 1. The van der Waals surface area contributed by atoms with Crippen LogP contribution in [0, 0.1) is 0 Å². The summed E-state index contributed by atoms with van der Waals surface area (Å²) in [5, 5.41) is 16.2. The van der Waals surface area contributed by atoms with Gasteiger partial charge in [-0.15, -0.1) is 0 Å². The van der Waals surface area contributed by atoms with Gasteiger partial charge in [0, 0.05) is 34.6 Å². The molecule has 3 N–H and O–H groups in total. The maximum atomic E-state index is 13.9. The lowest BCUT2D eigenvalue weighted by Gasteiger charge is -2.22. The molecule has 1 saturated carbocycles. The van der Waals surface area contributed by atoms with Gasteiger partial charge in [-0.25, -0.2) is 19.6 Å². The highest BCUT2D eigenvalue weighted by atomic mass is 19.4. The lowest BCUT2D eigenvalue weighted by atomic mass is 9.93. The second-order valence-corrected chi connectivity index (χ2v) is 10.1. The van der Waals surface area contributed by atoms with Gasteiger partial charge in [-0.1, -0.05) is 12.1 Å². The molecular weight excluding hydrogens is 529 g/mol. The molecule has 4 aromatic rings. The molecule has 212 valence electrons. The van der Waals surface area contributed by atoms with E-state index in [9.17, 15) is 27.9 Å². The SMILES string of the molecule is [2H]C([2H])([2H])n1c(=O)n([C@@H]2CC[C@@]([2H])(NC(=O)OC)C2)c2cc(Nc3cc(C(C)(C)O)c4cccc(C(F)(F)F)c4n3)ncc21. The van der Waals surface area contributed by atoms with E-state index in [1.165, 1.54) is 42.7 Å². The first kappa shape index (κ1) is 22.7. The molecule has 0 radical (unpaired) electrons. The number of ether oxygens (including phenoxy) is 1. The van der Waals surface area contributed by atoms with Crippen LogP contribution >= 0.6 is 0 Å². The first-order valence-electron chi connectivity index (χ1n) is 14.3. The van der Waals surface area contributed by atoms with Crippen molar-refractivity contribution in [1.82, 2.24) is 24.4 Å². The van der Waals surface area contributed by atoms with Crippen molar-refractivity contribution in [3.05, 3.63) is 58.1 Å². The van der Waals surface area contributed by atoms with Gasteiger partial charge in [-0.2, -0.15) is 13.2 Å². The van der Waals surface area contributed by atoms with E-state index in [1.807, 2.05) is 0 Å². The molecule has 0 spiro atoms. The molecule has 0 bridgehead atoms. The third-order valence-electron chi connectivity index (χ3n) is 6.91. The number of nitrogens with zero attached hydrogens (tertiary/aromatic N) is 4. The molecule has 1 aliphatic carbocycles. The van der Waals surface area contributed by atoms with Crippen molar-refractivity contribution < 1.29 is 33.3 Å². The number of methoxy groups -OCH3 is 1. The normalized spacial score (nSPS) is 21.5. The Hall–Kier alpha value is -4.13. The van der Waals surface area contributed by atoms with Crippen LogP contribution in [-0.4, -0.2) is 43.4 Å². The van der Waals surface area contributed by atoms with Crippen LogP contribution < -0.4 is 16.3 Å². The van der Waals surface area contributed by atoms with E-state index in [0.29, 0.717) is 4.57 Å². The zero-order valence-corrected chi connectivity index (χ0v) is 21.8. The van der Waals surface area contributed by atoms with E-state index in [-0.39, 0.29) is 52.9 Å². The molecule has 0 saturated heterocycles. The van der Waals surface area contributed by atoms with Gasteiger partial charge < -0.3 is 20.5 Å². The number of para-hydroxylation sites is 1. The topological polar surface area (TPSA) is 123 Å². The van der Waals surface area contributed by atoms with Crippen LogP contribution in [0.1, 0.15) is 55.8 Å². The van der Waals surface area contributed by atoms with Gasteiger partial charge in [0.15, 0.2) is 0 Å². The fourth-order valence-electron chi connectivity index (χ4n) is 5.08. The predicted octanol–water partition coefficient (Wildman–Crippen LogP) is 4.72. The minimum absolute atomic E-state index is 0.0230. The Kier molecular flexibility index (Phi) is 5.56. The first-order valence-corrected chi connectivity index (χ1v) is 12.3. The summed E-state index contributed by atoms with van der Waals surface area (Å²) in [7, 11) is 1.15. The molecule has 1 aliphatic rings.